The molecule has 5 rings (SSSR count). The Bertz CT molecular complexity index is 1530. The number of thioether (sulfide) groups is 1. The molecule has 2 aromatic carbocycles. The number of aromatic nitrogens is 4. The number of nitrogens with one attached hydrogen (secondary N) is 2. The molecule has 0 aliphatic carbocycles. The summed E-state index contributed by atoms with van der Waals surface area (Å²) < 4.78 is 8.80. The molecule has 0 bridgehead atoms. The minimum atomic E-state index is -0.568. The Kier molecular flexibility index (Phi) is 5.54. The van der Waals surface area contributed by atoms with Crippen molar-refractivity contribution < 1.29 is 14.3 Å². The van der Waals surface area contributed by atoms with E-state index in [9.17, 15) is 14.4 Å². The number of carbonyl (C=O) groups excluding carboxylic acids is 2. The molecule has 0 spiro atoms. The number of rotatable bonds is 6. The molecule has 172 valence electrons. The van der Waals surface area contributed by atoms with E-state index in [1.54, 1.807) is 47.7 Å². The fourth-order valence-electron chi connectivity index (χ4n) is 3.73. The fourth-order valence-corrected chi connectivity index (χ4v) is 4.47. The second-order valence-corrected chi connectivity index (χ2v) is 8.58. The van der Waals surface area contributed by atoms with Gasteiger partial charge in [0.1, 0.15) is 5.75 Å². The van der Waals surface area contributed by atoms with Crippen LogP contribution in [0.2, 0.25) is 0 Å². The van der Waals surface area contributed by atoms with E-state index in [2.05, 4.69) is 27.4 Å². The normalized spacial score (nSPS) is 15.0. The SMILES string of the molecule is C=CCn1c(=O)c2ccccc2n2c(SCC(=O)Nc3ccc4c(c3)NC(=O)C(C)O4)nnc12. The number of para-hydroxylation sites is 1. The number of ether oxygens (including phenoxy) is 1. The lowest BCUT2D eigenvalue weighted by atomic mass is 10.2. The van der Waals surface area contributed by atoms with Crippen LogP contribution in [0.1, 0.15) is 6.92 Å². The summed E-state index contributed by atoms with van der Waals surface area (Å²) in [4.78, 5) is 37.4. The predicted octanol–water partition coefficient (Wildman–Crippen LogP) is 2.68. The van der Waals surface area contributed by atoms with Gasteiger partial charge in [-0.3, -0.25) is 23.4 Å². The summed E-state index contributed by atoms with van der Waals surface area (Å²) >= 11 is 1.20. The van der Waals surface area contributed by atoms with Crippen molar-refractivity contribution in [3.63, 3.8) is 0 Å². The van der Waals surface area contributed by atoms with Crippen LogP contribution in [-0.4, -0.2) is 42.8 Å². The molecule has 2 aromatic heterocycles. The topological polar surface area (TPSA) is 120 Å². The molecule has 3 heterocycles. The smallest absolute Gasteiger partial charge is 0.265 e. The lowest BCUT2D eigenvalue weighted by Crippen LogP contribution is -2.34. The lowest BCUT2D eigenvalue weighted by Gasteiger charge is -2.23. The Morgan fingerprint density at radius 3 is 2.91 bits per heavy atom. The van der Waals surface area contributed by atoms with Crippen LogP contribution in [0.5, 0.6) is 5.75 Å². The van der Waals surface area contributed by atoms with Gasteiger partial charge in [-0.05, 0) is 37.3 Å². The van der Waals surface area contributed by atoms with Crippen LogP contribution < -0.4 is 20.9 Å². The van der Waals surface area contributed by atoms with E-state index in [1.807, 2.05) is 12.1 Å². The third-order valence-corrected chi connectivity index (χ3v) is 6.25. The number of anilines is 2. The number of carbonyl (C=O) groups is 2. The Hall–Kier alpha value is -4.12. The van der Waals surface area contributed by atoms with Gasteiger partial charge >= 0.3 is 0 Å². The summed E-state index contributed by atoms with van der Waals surface area (Å²) in [5, 5.41) is 15.0. The van der Waals surface area contributed by atoms with Crippen molar-refractivity contribution in [3.8, 4) is 5.75 Å². The summed E-state index contributed by atoms with van der Waals surface area (Å²) in [6, 6.07) is 12.3. The van der Waals surface area contributed by atoms with Gasteiger partial charge in [0.2, 0.25) is 11.7 Å². The van der Waals surface area contributed by atoms with Crippen LogP contribution in [0.15, 0.2) is 65.1 Å². The van der Waals surface area contributed by atoms with E-state index in [1.165, 1.54) is 16.3 Å². The van der Waals surface area contributed by atoms with Crippen molar-refractivity contribution in [3.05, 3.63) is 65.5 Å². The van der Waals surface area contributed by atoms with Crippen LogP contribution in [0.25, 0.3) is 16.7 Å². The standard InChI is InChI=1S/C23H20N6O4S/c1-3-10-28-21(32)15-6-4-5-7-17(15)29-22(28)26-27-23(29)34-12-19(30)24-14-8-9-18-16(11-14)25-20(31)13(2)33-18/h3-9,11,13H,1,10,12H2,2H3,(H,24,30)(H,25,31). The second kappa shape index (κ2) is 8.67. The predicted molar refractivity (Wildman–Crippen MR) is 129 cm³/mol. The highest BCUT2D eigenvalue weighted by Gasteiger charge is 2.24. The maximum absolute atomic E-state index is 12.9. The number of benzene rings is 2. The number of amides is 2. The number of fused-ring (bicyclic) bond motifs is 4. The number of nitrogens with zero attached hydrogens (tertiary/aromatic N) is 4. The van der Waals surface area contributed by atoms with Gasteiger partial charge in [0.25, 0.3) is 11.5 Å². The molecule has 2 amide bonds. The Balaban J connectivity index is 1.38. The maximum Gasteiger partial charge on any atom is 0.265 e. The molecule has 34 heavy (non-hydrogen) atoms. The first-order valence-electron chi connectivity index (χ1n) is 10.5. The van der Waals surface area contributed by atoms with Crippen molar-refractivity contribution in [2.75, 3.05) is 16.4 Å². The van der Waals surface area contributed by atoms with Crippen LogP contribution in [0, 0.1) is 0 Å². The highest BCUT2D eigenvalue weighted by atomic mass is 32.2. The molecule has 4 aromatic rings. The fraction of sp³-hybridized carbons (Fsp3) is 0.174. The molecule has 10 nitrogen and oxygen atoms in total. The zero-order valence-corrected chi connectivity index (χ0v) is 19.0. The van der Waals surface area contributed by atoms with Gasteiger partial charge in [0.15, 0.2) is 11.3 Å². The van der Waals surface area contributed by atoms with E-state index in [4.69, 9.17) is 4.74 Å². The first kappa shape index (κ1) is 21.7. The Morgan fingerprint density at radius 1 is 1.26 bits per heavy atom. The molecular formula is C23H20N6O4S. The zero-order chi connectivity index (χ0) is 23.8. The molecule has 2 N–H and O–H groups in total. The molecule has 0 saturated carbocycles. The van der Waals surface area contributed by atoms with Crippen LogP contribution in [0.4, 0.5) is 11.4 Å². The summed E-state index contributed by atoms with van der Waals surface area (Å²) in [6.45, 7) is 5.67. The largest absolute Gasteiger partial charge is 0.479 e. The van der Waals surface area contributed by atoms with Crippen LogP contribution in [0.3, 0.4) is 0 Å². The molecule has 1 aliphatic heterocycles. The van der Waals surface area contributed by atoms with Gasteiger partial charge < -0.3 is 15.4 Å². The third kappa shape index (κ3) is 3.79. The quantitative estimate of drug-likeness (QED) is 0.324. The number of hydrogen-bond donors (Lipinski definition) is 2. The van der Waals surface area contributed by atoms with E-state index < -0.39 is 6.10 Å². The monoisotopic (exact) mass is 476 g/mol. The summed E-state index contributed by atoms with van der Waals surface area (Å²) in [6.07, 6.45) is 1.05. The zero-order valence-electron chi connectivity index (χ0n) is 18.1. The van der Waals surface area contributed by atoms with E-state index in [-0.39, 0.29) is 29.7 Å². The minimum absolute atomic E-state index is 0.0622. The van der Waals surface area contributed by atoms with Crippen molar-refractivity contribution in [2.24, 2.45) is 0 Å². The van der Waals surface area contributed by atoms with Gasteiger partial charge in [0.05, 0.1) is 22.3 Å². The molecule has 1 unspecified atom stereocenters. The molecule has 11 heteroatoms. The summed E-state index contributed by atoms with van der Waals surface area (Å²) in [5.74, 6) is 0.486. The van der Waals surface area contributed by atoms with Crippen molar-refractivity contribution >= 4 is 51.6 Å². The van der Waals surface area contributed by atoms with Crippen molar-refractivity contribution in [1.82, 2.24) is 19.2 Å². The van der Waals surface area contributed by atoms with Gasteiger partial charge in [-0.1, -0.05) is 30.0 Å². The van der Waals surface area contributed by atoms with Gasteiger partial charge in [-0.2, -0.15) is 0 Å². The van der Waals surface area contributed by atoms with Crippen molar-refractivity contribution in [1.29, 1.82) is 0 Å². The highest BCUT2D eigenvalue weighted by Crippen LogP contribution is 2.32. The first-order valence-corrected chi connectivity index (χ1v) is 11.5. The maximum atomic E-state index is 12.9. The number of allylic oxidation sites excluding steroid dienone is 1. The van der Waals surface area contributed by atoms with Gasteiger partial charge in [0, 0.05) is 12.2 Å². The average molecular weight is 477 g/mol. The Morgan fingerprint density at radius 2 is 2.09 bits per heavy atom. The van der Waals surface area contributed by atoms with Crippen LogP contribution >= 0.6 is 11.8 Å². The molecular weight excluding hydrogens is 456 g/mol. The molecule has 0 fully saturated rings. The van der Waals surface area contributed by atoms with Crippen LogP contribution in [-0.2, 0) is 16.1 Å². The van der Waals surface area contributed by atoms with E-state index in [0.717, 1.165) is 0 Å². The molecule has 1 aliphatic rings. The third-order valence-electron chi connectivity index (χ3n) is 5.32. The minimum Gasteiger partial charge on any atom is -0.479 e. The van der Waals surface area contributed by atoms with Gasteiger partial charge in [-0.25, -0.2) is 0 Å². The first-order chi connectivity index (χ1) is 16.5. The molecule has 1 atom stereocenters. The highest BCUT2D eigenvalue weighted by molar-refractivity contribution is 7.99. The van der Waals surface area contributed by atoms with E-state index in [0.29, 0.717) is 39.0 Å². The molecule has 0 radical (unpaired) electrons. The molecule has 0 saturated heterocycles. The lowest BCUT2D eigenvalue weighted by molar-refractivity contribution is -0.122. The summed E-state index contributed by atoms with van der Waals surface area (Å²) in [7, 11) is 0. The second-order valence-electron chi connectivity index (χ2n) is 7.64. The van der Waals surface area contributed by atoms with E-state index >= 15 is 0 Å². The Labute approximate surface area is 197 Å². The average Bonchev–Trinajstić information content (AvgIpc) is 3.25. The van der Waals surface area contributed by atoms with Gasteiger partial charge in [-0.15, -0.1) is 16.8 Å². The number of hydrogen-bond acceptors (Lipinski definition) is 7. The van der Waals surface area contributed by atoms with Crippen molar-refractivity contribution in [2.45, 2.75) is 24.7 Å². The summed E-state index contributed by atoms with van der Waals surface area (Å²) in [5.41, 5.74) is 1.51.